The number of carbonyl (C=O) groups excluding carboxylic acids is 1. The van der Waals surface area contributed by atoms with Crippen molar-refractivity contribution >= 4 is 22.6 Å². The van der Waals surface area contributed by atoms with E-state index in [2.05, 4.69) is 4.90 Å². The summed E-state index contributed by atoms with van der Waals surface area (Å²) in [5.41, 5.74) is 1.68. The Bertz CT molecular complexity index is 1040. The molecule has 2 aliphatic rings. The molecule has 0 N–H and O–H groups in total. The fraction of sp³-hybridized carbons (Fsp3) is 0.286. The summed E-state index contributed by atoms with van der Waals surface area (Å²) in [6, 6.07) is 13.3. The molecule has 3 aromatic rings. The minimum absolute atomic E-state index is 0.0939. The molecule has 5 rings (SSSR count). The van der Waals surface area contributed by atoms with E-state index in [0.717, 1.165) is 35.7 Å². The molecule has 0 unspecified atom stereocenters. The lowest BCUT2D eigenvalue weighted by Gasteiger charge is -2.35. The monoisotopic (exact) mass is 380 g/mol. The highest BCUT2D eigenvalue weighted by molar-refractivity contribution is 5.97. The average Bonchev–Trinajstić information content (AvgIpc) is 3.39. The Labute approximate surface area is 162 Å². The molecule has 2 aliphatic heterocycles. The molecule has 1 fully saturated rings. The Morgan fingerprint density at radius 3 is 2.64 bits per heavy atom. The van der Waals surface area contributed by atoms with Crippen molar-refractivity contribution in [3.63, 3.8) is 0 Å². The number of methoxy groups -OCH3 is 1. The Hall–Kier alpha value is -3.35. The van der Waals surface area contributed by atoms with Gasteiger partial charge in [0.2, 0.25) is 6.79 Å². The Balaban J connectivity index is 1.29. The van der Waals surface area contributed by atoms with E-state index in [1.165, 1.54) is 0 Å². The van der Waals surface area contributed by atoms with E-state index in [9.17, 15) is 4.79 Å². The van der Waals surface area contributed by atoms with Gasteiger partial charge in [-0.15, -0.1) is 0 Å². The molecule has 1 amide bonds. The first-order valence-electron chi connectivity index (χ1n) is 9.23. The van der Waals surface area contributed by atoms with Crippen molar-refractivity contribution < 1.29 is 23.4 Å². The quantitative estimate of drug-likeness (QED) is 0.696. The molecular formula is C21H20N2O5. The third-order valence-corrected chi connectivity index (χ3v) is 5.23. The van der Waals surface area contributed by atoms with Crippen LogP contribution in [0.3, 0.4) is 0 Å². The van der Waals surface area contributed by atoms with Gasteiger partial charge in [-0.05, 0) is 24.3 Å². The SMILES string of the molecule is COc1cccc2cc(C(=O)N3CCN(c4ccc5c(c4)OCO5)CC3)oc12. The smallest absolute Gasteiger partial charge is 0.289 e. The highest BCUT2D eigenvalue weighted by atomic mass is 16.7. The number of para-hydroxylation sites is 1. The van der Waals surface area contributed by atoms with Crippen LogP contribution >= 0.6 is 0 Å². The molecule has 0 aliphatic carbocycles. The minimum atomic E-state index is -0.0939. The molecular weight excluding hydrogens is 360 g/mol. The van der Waals surface area contributed by atoms with E-state index < -0.39 is 0 Å². The van der Waals surface area contributed by atoms with Crippen molar-refractivity contribution in [2.24, 2.45) is 0 Å². The van der Waals surface area contributed by atoms with Crippen LogP contribution in [0.2, 0.25) is 0 Å². The van der Waals surface area contributed by atoms with Crippen LogP contribution in [0.25, 0.3) is 11.0 Å². The predicted molar refractivity (Wildman–Crippen MR) is 103 cm³/mol. The number of piperazine rings is 1. The van der Waals surface area contributed by atoms with Crippen molar-refractivity contribution in [3.8, 4) is 17.2 Å². The molecule has 0 radical (unpaired) electrons. The third-order valence-electron chi connectivity index (χ3n) is 5.23. The lowest BCUT2D eigenvalue weighted by molar-refractivity contribution is 0.0717. The largest absolute Gasteiger partial charge is 0.493 e. The van der Waals surface area contributed by atoms with E-state index in [1.54, 1.807) is 13.2 Å². The van der Waals surface area contributed by atoms with Gasteiger partial charge in [-0.1, -0.05) is 12.1 Å². The van der Waals surface area contributed by atoms with Crippen LogP contribution in [0, 0.1) is 0 Å². The number of hydrogen-bond acceptors (Lipinski definition) is 6. The number of carbonyl (C=O) groups is 1. The van der Waals surface area contributed by atoms with E-state index in [-0.39, 0.29) is 12.7 Å². The number of benzene rings is 2. The summed E-state index contributed by atoms with van der Waals surface area (Å²) in [7, 11) is 1.59. The zero-order chi connectivity index (χ0) is 19.1. The molecule has 2 aromatic carbocycles. The number of rotatable bonds is 3. The summed E-state index contributed by atoms with van der Waals surface area (Å²) < 4.78 is 21.9. The van der Waals surface area contributed by atoms with Gasteiger partial charge in [-0.2, -0.15) is 0 Å². The lowest BCUT2D eigenvalue weighted by Crippen LogP contribution is -2.48. The summed E-state index contributed by atoms with van der Waals surface area (Å²) in [5, 5.41) is 0.863. The number of anilines is 1. The second kappa shape index (κ2) is 6.67. The van der Waals surface area contributed by atoms with Crippen LogP contribution in [0.5, 0.6) is 17.2 Å². The summed E-state index contributed by atoms with van der Waals surface area (Å²) >= 11 is 0. The minimum Gasteiger partial charge on any atom is -0.493 e. The average molecular weight is 380 g/mol. The maximum absolute atomic E-state index is 12.9. The van der Waals surface area contributed by atoms with E-state index >= 15 is 0 Å². The predicted octanol–water partition coefficient (Wildman–Crippen LogP) is 3.13. The third kappa shape index (κ3) is 2.79. The van der Waals surface area contributed by atoms with Crippen LogP contribution in [-0.4, -0.2) is 50.9 Å². The Morgan fingerprint density at radius 1 is 1.00 bits per heavy atom. The van der Waals surface area contributed by atoms with Crippen molar-refractivity contribution in [2.45, 2.75) is 0 Å². The Kier molecular flexibility index (Phi) is 4.00. The fourth-order valence-electron chi connectivity index (χ4n) is 3.71. The van der Waals surface area contributed by atoms with Gasteiger partial charge in [0.15, 0.2) is 28.6 Å². The molecule has 1 saturated heterocycles. The normalized spacial score (nSPS) is 15.9. The first kappa shape index (κ1) is 16.8. The van der Waals surface area contributed by atoms with Gasteiger partial charge in [0.05, 0.1) is 7.11 Å². The zero-order valence-corrected chi connectivity index (χ0v) is 15.5. The molecule has 0 bridgehead atoms. The highest BCUT2D eigenvalue weighted by Gasteiger charge is 2.26. The van der Waals surface area contributed by atoms with Crippen molar-refractivity contribution in [3.05, 3.63) is 48.2 Å². The van der Waals surface area contributed by atoms with Crippen LogP contribution in [0.15, 0.2) is 46.9 Å². The summed E-state index contributed by atoms with van der Waals surface area (Å²) in [5.74, 6) is 2.42. The summed E-state index contributed by atoms with van der Waals surface area (Å²) in [6.45, 7) is 3.01. The van der Waals surface area contributed by atoms with Gasteiger partial charge in [-0.25, -0.2) is 0 Å². The molecule has 144 valence electrons. The molecule has 0 saturated carbocycles. The second-order valence-corrected chi connectivity index (χ2v) is 6.81. The van der Waals surface area contributed by atoms with Gasteiger partial charge in [-0.3, -0.25) is 4.79 Å². The summed E-state index contributed by atoms with van der Waals surface area (Å²) in [6.07, 6.45) is 0. The first-order chi connectivity index (χ1) is 13.7. The van der Waals surface area contributed by atoms with Crippen molar-refractivity contribution in [1.82, 2.24) is 4.90 Å². The molecule has 7 heteroatoms. The molecule has 7 nitrogen and oxygen atoms in total. The fourth-order valence-corrected chi connectivity index (χ4v) is 3.71. The van der Waals surface area contributed by atoms with E-state index in [0.29, 0.717) is 30.2 Å². The maximum atomic E-state index is 12.9. The first-order valence-corrected chi connectivity index (χ1v) is 9.23. The van der Waals surface area contributed by atoms with Crippen LogP contribution < -0.4 is 19.1 Å². The molecule has 1 aromatic heterocycles. The van der Waals surface area contributed by atoms with E-state index in [4.69, 9.17) is 18.6 Å². The Morgan fingerprint density at radius 2 is 1.82 bits per heavy atom. The second-order valence-electron chi connectivity index (χ2n) is 6.81. The molecule has 28 heavy (non-hydrogen) atoms. The molecule has 3 heterocycles. The van der Waals surface area contributed by atoms with Crippen molar-refractivity contribution in [2.75, 3.05) is 45.0 Å². The number of ether oxygens (including phenoxy) is 3. The van der Waals surface area contributed by atoms with Gasteiger partial charge in [0.25, 0.3) is 5.91 Å². The maximum Gasteiger partial charge on any atom is 0.289 e. The topological polar surface area (TPSA) is 64.4 Å². The number of hydrogen-bond donors (Lipinski definition) is 0. The van der Waals surface area contributed by atoms with Crippen LogP contribution in [0.4, 0.5) is 5.69 Å². The van der Waals surface area contributed by atoms with Gasteiger partial charge >= 0.3 is 0 Å². The van der Waals surface area contributed by atoms with Gasteiger partial charge in [0, 0.05) is 43.3 Å². The number of nitrogens with zero attached hydrogens (tertiary/aromatic N) is 2. The van der Waals surface area contributed by atoms with Gasteiger partial charge < -0.3 is 28.4 Å². The summed E-state index contributed by atoms with van der Waals surface area (Å²) in [4.78, 5) is 17.0. The zero-order valence-electron chi connectivity index (χ0n) is 15.5. The number of furan rings is 1. The molecule has 0 atom stereocenters. The lowest BCUT2D eigenvalue weighted by atomic mass is 10.2. The standard InChI is InChI=1S/C21H20N2O5/c1-25-17-4-2-3-14-11-19(28-20(14)17)21(24)23-9-7-22(8-10-23)15-5-6-16-18(12-15)27-13-26-16/h2-6,11-12H,7-10,13H2,1H3. The molecule has 0 spiro atoms. The van der Waals surface area contributed by atoms with E-state index in [1.807, 2.05) is 41.3 Å². The number of amides is 1. The van der Waals surface area contributed by atoms with Crippen molar-refractivity contribution in [1.29, 1.82) is 0 Å². The highest BCUT2D eigenvalue weighted by Crippen LogP contribution is 2.36. The number of fused-ring (bicyclic) bond motifs is 2. The van der Waals surface area contributed by atoms with Gasteiger partial charge in [0.1, 0.15) is 0 Å². The van der Waals surface area contributed by atoms with Crippen LogP contribution in [0.1, 0.15) is 10.6 Å². The van der Waals surface area contributed by atoms with Crippen LogP contribution in [-0.2, 0) is 0 Å².